The second-order valence-electron chi connectivity index (χ2n) is 6.59. The maximum Gasteiger partial charge on any atom is 0.170 e. The number of nitrogens with zero attached hydrogens (tertiary/aromatic N) is 1. The minimum absolute atomic E-state index is 0.508. The molecule has 0 radical (unpaired) electrons. The summed E-state index contributed by atoms with van der Waals surface area (Å²) in [6.45, 7) is 10.9. The zero-order valence-corrected chi connectivity index (χ0v) is 15.1. The molecule has 0 aromatic heterocycles. The molecule has 0 bridgehead atoms. The molecule has 2 atom stereocenters. The number of hydrogen-bond donors (Lipinski definition) is 2. The van der Waals surface area contributed by atoms with Crippen LogP contribution in [0.4, 0.5) is 5.69 Å². The lowest BCUT2D eigenvalue weighted by atomic mass is 10.0. The summed E-state index contributed by atoms with van der Waals surface area (Å²) in [4.78, 5) is 2.59. The third-order valence-electron chi connectivity index (χ3n) is 4.61. The predicted octanol–water partition coefficient (Wildman–Crippen LogP) is 3.85. The van der Waals surface area contributed by atoms with E-state index in [1.54, 1.807) is 0 Å². The Morgan fingerprint density at radius 1 is 1.36 bits per heavy atom. The Bertz CT molecular complexity index is 515. The van der Waals surface area contributed by atoms with Crippen LogP contribution in [0, 0.1) is 13.8 Å². The van der Waals surface area contributed by atoms with Crippen LogP contribution < -0.4 is 10.6 Å². The SMILES string of the molecule is Cc1ccc(NC(=S)NCC(C)N2CCCCC2C)c(C)c1. The molecule has 122 valence electrons. The Labute approximate surface area is 140 Å². The van der Waals surface area contributed by atoms with Crippen molar-refractivity contribution in [1.82, 2.24) is 10.2 Å². The summed E-state index contributed by atoms with van der Waals surface area (Å²) in [5.74, 6) is 0. The fraction of sp³-hybridized carbons (Fsp3) is 0.611. The molecule has 1 fully saturated rings. The maximum atomic E-state index is 5.44. The first-order valence-corrected chi connectivity index (χ1v) is 8.76. The number of rotatable bonds is 4. The molecule has 0 spiro atoms. The maximum absolute atomic E-state index is 5.44. The van der Waals surface area contributed by atoms with Gasteiger partial charge in [-0.05, 0) is 70.9 Å². The highest BCUT2D eigenvalue weighted by atomic mass is 32.1. The minimum atomic E-state index is 0.508. The average Bonchev–Trinajstić information content (AvgIpc) is 2.48. The molecule has 1 aliphatic heterocycles. The first-order chi connectivity index (χ1) is 10.5. The van der Waals surface area contributed by atoms with Crippen LogP contribution >= 0.6 is 12.2 Å². The summed E-state index contributed by atoms with van der Waals surface area (Å²) >= 11 is 5.44. The van der Waals surface area contributed by atoms with E-state index in [-0.39, 0.29) is 0 Å². The van der Waals surface area contributed by atoms with Crippen molar-refractivity contribution in [2.24, 2.45) is 0 Å². The van der Waals surface area contributed by atoms with Crippen molar-refractivity contribution in [3.8, 4) is 0 Å². The Balaban J connectivity index is 1.82. The second-order valence-corrected chi connectivity index (χ2v) is 6.99. The molecule has 0 saturated carbocycles. The van der Waals surface area contributed by atoms with E-state index >= 15 is 0 Å². The molecule has 2 N–H and O–H groups in total. The topological polar surface area (TPSA) is 27.3 Å². The van der Waals surface area contributed by atoms with E-state index in [9.17, 15) is 0 Å². The standard InChI is InChI=1S/C18H29N3S/c1-13-8-9-17(14(2)11-13)20-18(22)19-12-16(4)21-10-6-5-7-15(21)3/h8-9,11,15-16H,5-7,10,12H2,1-4H3,(H2,19,20,22). The van der Waals surface area contributed by atoms with E-state index < -0.39 is 0 Å². The van der Waals surface area contributed by atoms with Gasteiger partial charge in [-0.3, -0.25) is 4.90 Å². The number of benzene rings is 1. The minimum Gasteiger partial charge on any atom is -0.361 e. The van der Waals surface area contributed by atoms with Crippen LogP contribution in [0.1, 0.15) is 44.2 Å². The lowest BCUT2D eigenvalue weighted by Gasteiger charge is -2.38. The fourth-order valence-electron chi connectivity index (χ4n) is 3.25. The van der Waals surface area contributed by atoms with Crippen LogP contribution in [0.5, 0.6) is 0 Å². The number of piperidine rings is 1. The van der Waals surface area contributed by atoms with Gasteiger partial charge in [0.2, 0.25) is 0 Å². The smallest absolute Gasteiger partial charge is 0.170 e. The largest absolute Gasteiger partial charge is 0.361 e. The third kappa shape index (κ3) is 4.68. The molecule has 2 unspecified atom stereocenters. The van der Waals surface area contributed by atoms with Crippen LogP contribution in [-0.2, 0) is 0 Å². The molecule has 1 heterocycles. The van der Waals surface area contributed by atoms with E-state index in [2.05, 4.69) is 61.4 Å². The van der Waals surface area contributed by atoms with Crippen LogP contribution in [0.3, 0.4) is 0 Å². The van der Waals surface area contributed by atoms with Gasteiger partial charge in [-0.15, -0.1) is 0 Å². The van der Waals surface area contributed by atoms with Crippen LogP contribution in [0.2, 0.25) is 0 Å². The molecule has 0 amide bonds. The lowest BCUT2D eigenvalue weighted by Crippen LogP contribution is -2.49. The highest BCUT2D eigenvalue weighted by molar-refractivity contribution is 7.80. The number of hydrogen-bond acceptors (Lipinski definition) is 2. The summed E-state index contributed by atoms with van der Waals surface area (Å²) in [5, 5.41) is 7.39. The monoisotopic (exact) mass is 319 g/mol. The summed E-state index contributed by atoms with van der Waals surface area (Å²) in [5.41, 5.74) is 3.58. The van der Waals surface area contributed by atoms with Crippen LogP contribution in [-0.4, -0.2) is 35.2 Å². The molecule has 1 aromatic carbocycles. The van der Waals surface area contributed by atoms with Gasteiger partial charge in [0, 0.05) is 24.3 Å². The Hall–Kier alpha value is -1.13. The summed E-state index contributed by atoms with van der Waals surface area (Å²) in [6.07, 6.45) is 4.00. The molecule has 2 rings (SSSR count). The van der Waals surface area contributed by atoms with E-state index in [4.69, 9.17) is 12.2 Å². The van der Waals surface area contributed by atoms with Gasteiger partial charge in [0.15, 0.2) is 5.11 Å². The van der Waals surface area contributed by atoms with Crippen molar-refractivity contribution in [2.45, 2.75) is 59.0 Å². The predicted molar refractivity (Wildman–Crippen MR) is 99.6 cm³/mol. The highest BCUT2D eigenvalue weighted by Gasteiger charge is 2.22. The van der Waals surface area contributed by atoms with Crippen molar-refractivity contribution in [3.05, 3.63) is 29.3 Å². The molecular weight excluding hydrogens is 290 g/mol. The van der Waals surface area contributed by atoms with E-state index in [0.29, 0.717) is 17.2 Å². The van der Waals surface area contributed by atoms with Gasteiger partial charge in [-0.2, -0.15) is 0 Å². The Kier molecular flexibility index (Phi) is 6.21. The number of aryl methyl sites for hydroxylation is 2. The van der Waals surface area contributed by atoms with Gasteiger partial charge < -0.3 is 10.6 Å². The molecule has 1 aliphatic rings. The van der Waals surface area contributed by atoms with Crippen molar-refractivity contribution >= 4 is 23.0 Å². The third-order valence-corrected chi connectivity index (χ3v) is 4.86. The van der Waals surface area contributed by atoms with Crippen LogP contribution in [0.15, 0.2) is 18.2 Å². The van der Waals surface area contributed by atoms with Gasteiger partial charge in [-0.25, -0.2) is 0 Å². The average molecular weight is 320 g/mol. The number of nitrogens with one attached hydrogen (secondary N) is 2. The van der Waals surface area contributed by atoms with E-state index in [1.165, 1.54) is 36.9 Å². The van der Waals surface area contributed by atoms with E-state index in [1.807, 2.05) is 0 Å². The zero-order chi connectivity index (χ0) is 16.1. The van der Waals surface area contributed by atoms with Gasteiger partial charge >= 0.3 is 0 Å². The molecular formula is C18H29N3S. The fourth-order valence-corrected chi connectivity index (χ4v) is 3.45. The van der Waals surface area contributed by atoms with E-state index in [0.717, 1.165) is 12.2 Å². The molecule has 0 aliphatic carbocycles. The summed E-state index contributed by atoms with van der Waals surface area (Å²) < 4.78 is 0. The summed E-state index contributed by atoms with van der Waals surface area (Å²) in [6, 6.07) is 7.56. The molecule has 1 aromatic rings. The Morgan fingerprint density at radius 3 is 2.82 bits per heavy atom. The van der Waals surface area contributed by atoms with Gasteiger partial charge in [0.25, 0.3) is 0 Å². The Morgan fingerprint density at radius 2 is 2.14 bits per heavy atom. The van der Waals surface area contributed by atoms with Gasteiger partial charge in [0.05, 0.1) is 0 Å². The zero-order valence-electron chi connectivity index (χ0n) is 14.3. The van der Waals surface area contributed by atoms with Crippen molar-refractivity contribution < 1.29 is 0 Å². The molecule has 22 heavy (non-hydrogen) atoms. The highest BCUT2D eigenvalue weighted by Crippen LogP contribution is 2.19. The number of anilines is 1. The lowest BCUT2D eigenvalue weighted by molar-refractivity contribution is 0.116. The van der Waals surface area contributed by atoms with Gasteiger partial charge in [-0.1, -0.05) is 24.1 Å². The van der Waals surface area contributed by atoms with Gasteiger partial charge in [0.1, 0.15) is 0 Å². The van der Waals surface area contributed by atoms with Crippen molar-refractivity contribution in [2.75, 3.05) is 18.4 Å². The second kappa shape index (κ2) is 7.93. The molecule has 1 saturated heterocycles. The first-order valence-electron chi connectivity index (χ1n) is 8.35. The first kappa shape index (κ1) is 17.2. The summed E-state index contributed by atoms with van der Waals surface area (Å²) in [7, 11) is 0. The van der Waals surface area contributed by atoms with Crippen molar-refractivity contribution in [3.63, 3.8) is 0 Å². The normalized spacial score (nSPS) is 20.5. The van der Waals surface area contributed by atoms with Crippen molar-refractivity contribution in [1.29, 1.82) is 0 Å². The molecule has 3 nitrogen and oxygen atoms in total. The quantitative estimate of drug-likeness (QED) is 0.824. The molecule has 4 heteroatoms. The number of thiocarbonyl (C=S) groups is 1. The van der Waals surface area contributed by atoms with Crippen LogP contribution in [0.25, 0.3) is 0 Å². The number of likely N-dealkylation sites (tertiary alicyclic amines) is 1.